The number of hydrogen-bond donors (Lipinski definition) is 0. The predicted molar refractivity (Wildman–Crippen MR) is 88.5 cm³/mol. The Bertz CT molecular complexity index is 604. The number of methoxy groups -OCH3 is 2. The van der Waals surface area contributed by atoms with Gasteiger partial charge in [-0.1, -0.05) is 18.1 Å². The molecule has 1 unspecified atom stereocenters. The quantitative estimate of drug-likeness (QED) is 0.793. The van der Waals surface area contributed by atoms with Crippen molar-refractivity contribution in [3.05, 3.63) is 29.3 Å². The van der Waals surface area contributed by atoms with Crippen molar-refractivity contribution in [1.82, 2.24) is 0 Å². The zero-order valence-corrected chi connectivity index (χ0v) is 14.2. The normalized spacial score (nSPS) is 11.5. The molecule has 1 aromatic rings. The Hall–Kier alpha value is -2.10. The van der Waals surface area contributed by atoms with Crippen molar-refractivity contribution in [2.75, 3.05) is 14.2 Å². The minimum atomic E-state index is -0.383. The second-order valence-corrected chi connectivity index (χ2v) is 5.71. The van der Waals surface area contributed by atoms with Crippen molar-refractivity contribution in [3.63, 3.8) is 0 Å². The van der Waals surface area contributed by atoms with Crippen LogP contribution in [0, 0.1) is 23.9 Å². The summed E-state index contributed by atoms with van der Waals surface area (Å²) in [6, 6.07) is 5.83. The minimum absolute atomic E-state index is 0.309. The van der Waals surface area contributed by atoms with Crippen molar-refractivity contribution in [1.29, 1.82) is 0 Å². The largest absolute Gasteiger partial charge is 0.496 e. The van der Waals surface area contributed by atoms with E-state index in [0.717, 1.165) is 16.9 Å². The van der Waals surface area contributed by atoms with E-state index in [0.29, 0.717) is 6.42 Å². The maximum Gasteiger partial charge on any atom is 0.146 e. The molecule has 0 radical (unpaired) electrons. The van der Waals surface area contributed by atoms with Gasteiger partial charge in [0.2, 0.25) is 0 Å². The van der Waals surface area contributed by atoms with E-state index in [2.05, 4.69) is 23.9 Å². The first-order valence-electron chi connectivity index (χ1n) is 7.19. The van der Waals surface area contributed by atoms with Gasteiger partial charge < -0.3 is 14.2 Å². The summed E-state index contributed by atoms with van der Waals surface area (Å²) in [4.78, 5) is 0. The van der Waals surface area contributed by atoms with Gasteiger partial charge in [-0.05, 0) is 39.7 Å². The first-order valence-corrected chi connectivity index (χ1v) is 7.19. The SMILES string of the molecule is CC#CCc1c(OC)cccc1C(C#COC(C)(C)C)OC. The van der Waals surface area contributed by atoms with Crippen LogP contribution in [0.15, 0.2) is 18.2 Å². The molecule has 0 N–H and O–H groups in total. The van der Waals surface area contributed by atoms with Crippen molar-refractivity contribution in [2.24, 2.45) is 0 Å². The Kier molecular flexibility index (Phi) is 6.83. The van der Waals surface area contributed by atoms with Gasteiger partial charge in [-0.15, -0.1) is 5.92 Å². The molecule has 0 saturated carbocycles. The summed E-state index contributed by atoms with van der Waals surface area (Å²) in [6.07, 6.45) is 2.96. The molecule has 3 heteroatoms. The van der Waals surface area contributed by atoms with Crippen LogP contribution in [0.2, 0.25) is 0 Å². The predicted octanol–water partition coefficient (Wildman–Crippen LogP) is 3.72. The van der Waals surface area contributed by atoms with Gasteiger partial charge in [0.1, 0.15) is 23.6 Å². The van der Waals surface area contributed by atoms with Crippen LogP contribution in [0.1, 0.15) is 44.9 Å². The molecule has 1 atom stereocenters. The maximum absolute atomic E-state index is 5.51. The first kappa shape index (κ1) is 18.0. The molecule has 0 aliphatic heterocycles. The summed E-state index contributed by atoms with van der Waals surface area (Å²) in [6.45, 7) is 7.69. The average Bonchev–Trinajstić information content (AvgIpc) is 2.48. The summed E-state index contributed by atoms with van der Waals surface area (Å²) in [7, 11) is 3.28. The van der Waals surface area contributed by atoms with Gasteiger partial charge in [-0.2, -0.15) is 0 Å². The molecule has 1 rings (SSSR count). The Labute approximate surface area is 134 Å². The van der Waals surface area contributed by atoms with E-state index in [1.807, 2.05) is 45.9 Å². The molecule has 0 bridgehead atoms. The highest BCUT2D eigenvalue weighted by atomic mass is 16.5. The molecule has 0 spiro atoms. The van der Waals surface area contributed by atoms with Crippen molar-refractivity contribution in [3.8, 4) is 29.6 Å². The maximum atomic E-state index is 5.51. The molecule has 0 fully saturated rings. The third-order valence-corrected chi connectivity index (χ3v) is 2.90. The highest BCUT2D eigenvalue weighted by molar-refractivity contribution is 5.45. The van der Waals surface area contributed by atoms with E-state index >= 15 is 0 Å². The zero-order valence-electron chi connectivity index (χ0n) is 14.2. The molecule has 0 heterocycles. The van der Waals surface area contributed by atoms with Gasteiger partial charge in [0.25, 0.3) is 0 Å². The molecular weight excluding hydrogens is 276 g/mol. The third kappa shape index (κ3) is 5.35. The van der Waals surface area contributed by atoms with E-state index in [4.69, 9.17) is 14.2 Å². The molecule has 1 aromatic carbocycles. The fourth-order valence-corrected chi connectivity index (χ4v) is 1.89. The molecule has 0 aliphatic rings. The van der Waals surface area contributed by atoms with Crippen LogP contribution in [-0.4, -0.2) is 19.8 Å². The minimum Gasteiger partial charge on any atom is -0.496 e. The number of benzene rings is 1. The molecule has 0 saturated heterocycles. The third-order valence-electron chi connectivity index (χ3n) is 2.90. The number of ether oxygens (including phenoxy) is 3. The molecule has 0 amide bonds. The average molecular weight is 300 g/mol. The van der Waals surface area contributed by atoms with E-state index in [9.17, 15) is 0 Å². The molecule has 0 aromatic heterocycles. The van der Waals surface area contributed by atoms with Crippen LogP contribution in [0.25, 0.3) is 0 Å². The second kappa shape index (κ2) is 8.37. The topological polar surface area (TPSA) is 27.7 Å². The van der Waals surface area contributed by atoms with Crippen LogP contribution >= 0.6 is 0 Å². The van der Waals surface area contributed by atoms with Gasteiger partial charge in [0.15, 0.2) is 0 Å². The molecule has 0 aliphatic carbocycles. The summed E-state index contributed by atoms with van der Waals surface area (Å²) >= 11 is 0. The van der Waals surface area contributed by atoms with Crippen molar-refractivity contribution in [2.45, 2.75) is 45.8 Å². The standard InChI is InChI=1S/C19H24O3/c1-7-8-10-15-16(11-9-12-17(15)20-5)18(21-6)13-14-22-19(2,3)4/h9,11-12,18H,10H2,1-6H3. The van der Waals surface area contributed by atoms with Gasteiger partial charge in [-0.25, -0.2) is 0 Å². The van der Waals surface area contributed by atoms with Gasteiger partial charge >= 0.3 is 0 Å². The van der Waals surface area contributed by atoms with Gasteiger partial charge in [-0.3, -0.25) is 0 Å². The zero-order chi connectivity index (χ0) is 16.6. The molecule has 118 valence electrons. The number of hydrogen-bond acceptors (Lipinski definition) is 3. The van der Waals surface area contributed by atoms with Crippen molar-refractivity contribution < 1.29 is 14.2 Å². The van der Waals surface area contributed by atoms with E-state index in [1.54, 1.807) is 14.2 Å². The van der Waals surface area contributed by atoms with Gasteiger partial charge in [0, 0.05) is 24.7 Å². The molecular formula is C19H24O3. The van der Waals surface area contributed by atoms with Crippen LogP contribution in [0.5, 0.6) is 5.75 Å². The summed E-state index contributed by atoms with van der Waals surface area (Å²) in [5, 5.41) is 0. The Morgan fingerprint density at radius 1 is 1.18 bits per heavy atom. The Morgan fingerprint density at radius 3 is 2.45 bits per heavy atom. The highest BCUT2D eigenvalue weighted by Crippen LogP contribution is 2.28. The van der Waals surface area contributed by atoms with Crippen LogP contribution in [-0.2, 0) is 15.9 Å². The molecule has 22 heavy (non-hydrogen) atoms. The number of rotatable bonds is 4. The molecule has 3 nitrogen and oxygen atoms in total. The summed E-state index contributed by atoms with van der Waals surface area (Å²) in [5.41, 5.74) is 1.64. The smallest absolute Gasteiger partial charge is 0.146 e. The fourth-order valence-electron chi connectivity index (χ4n) is 1.89. The van der Waals surface area contributed by atoms with E-state index in [-0.39, 0.29) is 11.7 Å². The summed E-state index contributed by atoms with van der Waals surface area (Å²) in [5.74, 6) is 9.79. The van der Waals surface area contributed by atoms with E-state index in [1.165, 1.54) is 0 Å². The first-order chi connectivity index (χ1) is 10.4. The van der Waals surface area contributed by atoms with Crippen LogP contribution < -0.4 is 4.74 Å². The lowest BCUT2D eigenvalue weighted by atomic mass is 9.99. The second-order valence-electron chi connectivity index (χ2n) is 5.71. The van der Waals surface area contributed by atoms with E-state index < -0.39 is 0 Å². The summed E-state index contributed by atoms with van der Waals surface area (Å²) < 4.78 is 16.4. The Morgan fingerprint density at radius 2 is 1.91 bits per heavy atom. The van der Waals surface area contributed by atoms with Crippen LogP contribution in [0.3, 0.4) is 0 Å². The van der Waals surface area contributed by atoms with Gasteiger partial charge in [0.05, 0.1) is 7.11 Å². The Balaban J connectivity index is 3.17. The fraction of sp³-hybridized carbons (Fsp3) is 0.474. The van der Waals surface area contributed by atoms with Crippen LogP contribution in [0.4, 0.5) is 0 Å². The lowest BCUT2D eigenvalue weighted by Gasteiger charge is -2.17. The lowest BCUT2D eigenvalue weighted by Crippen LogP contribution is -2.15. The monoisotopic (exact) mass is 300 g/mol. The van der Waals surface area contributed by atoms with Crippen molar-refractivity contribution >= 4 is 0 Å². The lowest BCUT2D eigenvalue weighted by molar-refractivity contribution is 0.0932. The highest BCUT2D eigenvalue weighted by Gasteiger charge is 2.16.